The summed E-state index contributed by atoms with van der Waals surface area (Å²) in [4.78, 5) is 0. The molecule has 0 radical (unpaired) electrons. The number of hydrogen-bond donors (Lipinski definition) is 1. The molecule has 1 nitrogen and oxygen atoms in total. The van der Waals surface area contributed by atoms with Crippen molar-refractivity contribution in [3.8, 4) is 0 Å². The minimum atomic E-state index is -0.0933. The van der Waals surface area contributed by atoms with E-state index in [1.807, 2.05) is 12.1 Å². The van der Waals surface area contributed by atoms with Gasteiger partial charge in [-0.3, -0.25) is 0 Å². The zero-order valence-electron chi connectivity index (χ0n) is 16.0. The summed E-state index contributed by atoms with van der Waals surface area (Å²) in [7, 11) is 0. The third-order valence-corrected chi connectivity index (χ3v) is 5.79. The molecule has 3 rings (SSSR count). The van der Waals surface area contributed by atoms with Crippen molar-refractivity contribution in [3.63, 3.8) is 0 Å². The Morgan fingerprint density at radius 3 is 2.23 bits per heavy atom. The Labute approximate surface area is 158 Å². The molecule has 2 aromatic carbocycles. The van der Waals surface area contributed by atoms with Gasteiger partial charge in [-0.15, -0.1) is 0 Å². The fraction of sp³-hybridized carbons (Fsp3) is 0.500. The van der Waals surface area contributed by atoms with Gasteiger partial charge in [0.2, 0.25) is 0 Å². The molecule has 0 saturated heterocycles. The number of halogens is 1. The molecule has 0 aromatic heterocycles. The first-order valence-electron chi connectivity index (χ1n) is 10.3. The van der Waals surface area contributed by atoms with Gasteiger partial charge in [-0.1, -0.05) is 74.6 Å². The number of hydrogen-bond acceptors (Lipinski definition) is 1. The van der Waals surface area contributed by atoms with Crippen LogP contribution in [0.5, 0.6) is 0 Å². The molecule has 1 saturated carbocycles. The van der Waals surface area contributed by atoms with Crippen LogP contribution in [0.2, 0.25) is 0 Å². The SMILES string of the molecule is CC(CC1CCCCC1)NCc1ccccc1CCc1ccccc1F. The maximum absolute atomic E-state index is 13.9. The third-order valence-electron chi connectivity index (χ3n) is 5.79. The lowest BCUT2D eigenvalue weighted by Gasteiger charge is -2.25. The lowest BCUT2D eigenvalue weighted by Crippen LogP contribution is -2.29. The van der Waals surface area contributed by atoms with Crippen molar-refractivity contribution in [2.75, 3.05) is 0 Å². The quantitative estimate of drug-likeness (QED) is 0.608. The Morgan fingerprint density at radius 1 is 0.885 bits per heavy atom. The van der Waals surface area contributed by atoms with Crippen LogP contribution in [0.4, 0.5) is 4.39 Å². The molecule has 26 heavy (non-hydrogen) atoms. The van der Waals surface area contributed by atoms with Crippen molar-refractivity contribution in [2.24, 2.45) is 5.92 Å². The van der Waals surface area contributed by atoms with Gasteiger partial charge in [0, 0.05) is 12.6 Å². The van der Waals surface area contributed by atoms with Crippen molar-refractivity contribution in [1.82, 2.24) is 5.32 Å². The number of rotatable bonds is 8. The van der Waals surface area contributed by atoms with E-state index in [0.29, 0.717) is 6.04 Å². The molecule has 1 aliphatic rings. The molecular weight excluding hydrogens is 321 g/mol. The van der Waals surface area contributed by atoms with E-state index in [9.17, 15) is 4.39 Å². The van der Waals surface area contributed by atoms with Crippen LogP contribution in [-0.4, -0.2) is 6.04 Å². The summed E-state index contributed by atoms with van der Waals surface area (Å²) in [5, 5.41) is 3.72. The first-order chi connectivity index (χ1) is 12.7. The second kappa shape index (κ2) is 9.87. The maximum atomic E-state index is 13.9. The molecule has 1 N–H and O–H groups in total. The van der Waals surface area contributed by atoms with E-state index in [1.54, 1.807) is 12.1 Å². The summed E-state index contributed by atoms with van der Waals surface area (Å²) in [6.07, 6.45) is 9.99. The standard InChI is InChI=1S/C24H32FN/c1-19(17-20-9-3-2-4-10-20)26-18-23-13-6-5-11-21(23)15-16-22-12-7-8-14-24(22)25/h5-8,11-14,19-20,26H,2-4,9-10,15-18H2,1H3. The predicted molar refractivity (Wildman–Crippen MR) is 108 cm³/mol. The molecule has 1 unspecified atom stereocenters. The molecule has 1 fully saturated rings. The average Bonchev–Trinajstić information content (AvgIpc) is 2.67. The molecule has 0 spiro atoms. The van der Waals surface area contributed by atoms with E-state index in [4.69, 9.17) is 0 Å². The van der Waals surface area contributed by atoms with Crippen molar-refractivity contribution >= 4 is 0 Å². The Balaban J connectivity index is 1.52. The predicted octanol–water partition coefficient (Wildman–Crippen LogP) is 6.06. The van der Waals surface area contributed by atoms with E-state index >= 15 is 0 Å². The lowest BCUT2D eigenvalue weighted by molar-refractivity contribution is 0.304. The Morgan fingerprint density at radius 2 is 1.50 bits per heavy atom. The van der Waals surface area contributed by atoms with Crippen LogP contribution < -0.4 is 5.32 Å². The summed E-state index contributed by atoms with van der Waals surface area (Å²) in [6.45, 7) is 3.22. The molecule has 0 aliphatic heterocycles. The van der Waals surface area contributed by atoms with E-state index in [0.717, 1.165) is 30.9 Å². The average molecular weight is 354 g/mol. The first-order valence-corrected chi connectivity index (χ1v) is 10.3. The molecular formula is C24H32FN. The monoisotopic (exact) mass is 353 g/mol. The maximum Gasteiger partial charge on any atom is 0.126 e. The van der Waals surface area contributed by atoms with Gasteiger partial charge >= 0.3 is 0 Å². The van der Waals surface area contributed by atoms with Crippen molar-refractivity contribution in [1.29, 1.82) is 0 Å². The van der Waals surface area contributed by atoms with Gasteiger partial charge in [0.1, 0.15) is 5.82 Å². The minimum absolute atomic E-state index is 0.0933. The van der Waals surface area contributed by atoms with Crippen molar-refractivity contribution in [2.45, 2.75) is 70.9 Å². The number of aryl methyl sites for hydroxylation is 2. The molecule has 1 atom stereocenters. The van der Waals surface area contributed by atoms with Gasteiger partial charge in [-0.2, -0.15) is 0 Å². The highest BCUT2D eigenvalue weighted by atomic mass is 19.1. The molecule has 0 bridgehead atoms. The zero-order chi connectivity index (χ0) is 18.2. The second-order valence-corrected chi connectivity index (χ2v) is 7.88. The molecule has 0 amide bonds. The first kappa shape index (κ1) is 19.1. The highest BCUT2D eigenvalue weighted by Gasteiger charge is 2.16. The Kier molecular flexibility index (Phi) is 7.25. The highest BCUT2D eigenvalue weighted by molar-refractivity contribution is 5.29. The van der Waals surface area contributed by atoms with E-state index < -0.39 is 0 Å². The molecule has 2 aromatic rings. The molecule has 0 heterocycles. The van der Waals surface area contributed by atoms with Gasteiger partial charge in [0.15, 0.2) is 0 Å². The van der Waals surface area contributed by atoms with Gasteiger partial charge in [-0.05, 0) is 54.9 Å². The largest absolute Gasteiger partial charge is 0.310 e. The molecule has 2 heteroatoms. The third kappa shape index (κ3) is 5.67. The zero-order valence-corrected chi connectivity index (χ0v) is 16.0. The Hall–Kier alpha value is -1.67. The Bertz CT molecular complexity index is 675. The lowest BCUT2D eigenvalue weighted by atomic mass is 9.85. The van der Waals surface area contributed by atoms with Gasteiger partial charge in [-0.25, -0.2) is 4.39 Å². The van der Waals surface area contributed by atoms with Crippen LogP contribution in [0.3, 0.4) is 0 Å². The van der Waals surface area contributed by atoms with E-state index in [2.05, 4.69) is 36.5 Å². The minimum Gasteiger partial charge on any atom is -0.310 e. The normalized spacial score (nSPS) is 16.5. The summed E-state index contributed by atoms with van der Waals surface area (Å²) in [5.41, 5.74) is 3.48. The number of benzene rings is 2. The van der Waals surface area contributed by atoms with Gasteiger partial charge in [0.25, 0.3) is 0 Å². The van der Waals surface area contributed by atoms with Crippen molar-refractivity contribution in [3.05, 3.63) is 71.0 Å². The summed E-state index contributed by atoms with van der Waals surface area (Å²) in [6, 6.07) is 16.3. The topological polar surface area (TPSA) is 12.0 Å². The van der Waals surface area contributed by atoms with Crippen LogP contribution >= 0.6 is 0 Å². The smallest absolute Gasteiger partial charge is 0.126 e. The van der Waals surface area contributed by atoms with Crippen molar-refractivity contribution < 1.29 is 4.39 Å². The van der Waals surface area contributed by atoms with Crippen LogP contribution in [-0.2, 0) is 19.4 Å². The van der Waals surface area contributed by atoms with Gasteiger partial charge < -0.3 is 5.32 Å². The summed E-state index contributed by atoms with van der Waals surface area (Å²) >= 11 is 0. The van der Waals surface area contributed by atoms with Crippen LogP contribution in [0.15, 0.2) is 48.5 Å². The fourth-order valence-electron chi connectivity index (χ4n) is 4.23. The van der Waals surface area contributed by atoms with E-state index in [1.165, 1.54) is 49.7 Å². The highest BCUT2D eigenvalue weighted by Crippen LogP contribution is 2.27. The second-order valence-electron chi connectivity index (χ2n) is 7.88. The number of nitrogens with one attached hydrogen (secondary N) is 1. The summed E-state index contributed by atoms with van der Waals surface area (Å²) < 4.78 is 13.9. The van der Waals surface area contributed by atoms with Crippen LogP contribution in [0, 0.1) is 11.7 Å². The van der Waals surface area contributed by atoms with E-state index in [-0.39, 0.29) is 5.82 Å². The van der Waals surface area contributed by atoms with Crippen LogP contribution in [0.25, 0.3) is 0 Å². The van der Waals surface area contributed by atoms with Gasteiger partial charge in [0.05, 0.1) is 0 Å². The summed E-state index contributed by atoms with van der Waals surface area (Å²) in [5.74, 6) is 0.812. The molecule has 1 aliphatic carbocycles. The molecule has 140 valence electrons. The van der Waals surface area contributed by atoms with Crippen LogP contribution in [0.1, 0.15) is 62.1 Å². The fourth-order valence-corrected chi connectivity index (χ4v) is 4.23.